The van der Waals surface area contributed by atoms with Gasteiger partial charge in [0.25, 0.3) is 0 Å². The van der Waals surface area contributed by atoms with Gasteiger partial charge in [-0.3, -0.25) is 0 Å². The van der Waals surface area contributed by atoms with E-state index < -0.39 is 0 Å². The first-order valence-electron chi connectivity index (χ1n) is 7.88. The minimum atomic E-state index is 0.618. The smallest absolute Gasteiger partial charge is 0.00928 e. The Hall–Kier alpha value is -0.740. The summed E-state index contributed by atoms with van der Waals surface area (Å²) in [5.41, 5.74) is 5.89. The zero-order valence-electron chi connectivity index (χ0n) is 11.5. The van der Waals surface area contributed by atoms with E-state index in [1.807, 2.05) is 0 Å². The van der Waals surface area contributed by atoms with Crippen LogP contribution < -0.4 is 0 Å². The van der Waals surface area contributed by atoms with Crippen molar-refractivity contribution >= 4 is 0 Å². The van der Waals surface area contributed by atoms with Gasteiger partial charge in [0.15, 0.2) is 0 Å². The number of rotatable bonds is 0. The van der Waals surface area contributed by atoms with Crippen LogP contribution in [0.3, 0.4) is 0 Å². The van der Waals surface area contributed by atoms with Crippen molar-refractivity contribution in [2.75, 3.05) is 0 Å². The average molecular weight is 240 g/mol. The minimum absolute atomic E-state index is 0.618. The summed E-state index contributed by atoms with van der Waals surface area (Å²) >= 11 is 0. The maximum Gasteiger partial charge on any atom is -0.00928 e. The first-order chi connectivity index (χ1) is 8.78. The maximum atomic E-state index is 3.60. The molecule has 96 valence electrons. The normalized spacial score (nSPS) is 49.3. The van der Waals surface area contributed by atoms with Crippen molar-refractivity contribution in [1.29, 1.82) is 0 Å². The topological polar surface area (TPSA) is 0 Å². The number of hydrogen-bond acceptors (Lipinski definition) is 0. The van der Waals surface area contributed by atoms with E-state index in [9.17, 15) is 0 Å². The summed E-state index contributed by atoms with van der Waals surface area (Å²) in [6, 6.07) is 0. The van der Waals surface area contributed by atoms with E-state index in [1.54, 1.807) is 5.57 Å². The molecule has 4 aliphatic rings. The molecule has 0 N–H and O–H groups in total. The molecular weight excluding hydrogens is 216 g/mol. The molecule has 4 aliphatic carbocycles. The summed E-state index contributed by atoms with van der Waals surface area (Å²) in [6.07, 6.45) is 17.1. The Morgan fingerprint density at radius 1 is 1.22 bits per heavy atom. The summed E-state index contributed by atoms with van der Waals surface area (Å²) in [4.78, 5) is 0. The van der Waals surface area contributed by atoms with Crippen molar-refractivity contribution in [1.82, 2.24) is 0 Å². The molecule has 0 saturated heterocycles. The summed E-state index contributed by atoms with van der Waals surface area (Å²) in [7, 11) is 0. The second-order valence-corrected chi connectivity index (χ2v) is 7.27. The van der Waals surface area contributed by atoms with Crippen LogP contribution >= 0.6 is 0 Å². The fraction of sp³-hybridized carbons (Fsp3) is 0.722. The first kappa shape index (κ1) is 11.1. The van der Waals surface area contributed by atoms with E-state index in [0.717, 1.165) is 23.7 Å². The van der Waals surface area contributed by atoms with Gasteiger partial charge in [0.05, 0.1) is 0 Å². The Bertz CT molecular complexity index is 447. The number of allylic oxidation sites excluding steroid dienone is 3. The summed E-state index contributed by atoms with van der Waals surface area (Å²) < 4.78 is 0. The second-order valence-electron chi connectivity index (χ2n) is 7.27. The molecule has 4 rings (SSSR count). The molecule has 0 heteroatoms. The molecule has 0 unspecified atom stereocenters. The van der Waals surface area contributed by atoms with Crippen LogP contribution in [0.1, 0.15) is 51.9 Å². The average Bonchev–Trinajstić information content (AvgIpc) is 2.80. The minimum Gasteiger partial charge on any atom is -0.126 e. The largest absolute Gasteiger partial charge is 0.126 e. The quantitative estimate of drug-likeness (QED) is 0.418. The van der Waals surface area contributed by atoms with E-state index in [2.05, 4.69) is 30.9 Å². The van der Waals surface area contributed by atoms with Crippen LogP contribution in [-0.4, -0.2) is 0 Å². The highest BCUT2D eigenvalue weighted by atomic mass is 14.5. The molecule has 0 spiro atoms. The van der Waals surface area contributed by atoms with E-state index in [4.69, 9.17) is 0 Å². The fourth-order valence-electron chi connectivity index (χ4n) is 5.45. The molecule has 2 saturated carbocycles. The first-order valence-corrected chi connectivity index (χ1v) is 7.88. The monoisotopic (exact) mass is 240 g/mol. The lowest BCUT2D eigenvalue weighted by Gasteiger charge is -2.52. The molecule has 0 nitrogen and oxygen atoms in total. The van der Waals surface area contributed by atoms with E-state index >= 15 is 0 Å². The Balaban J connectivity index is 1.67. The Labute approximate surface area is 111 Å². The van der Waals surface area contributed by atoms with Crippen LogP contribution in [0.5, 0.6) is 0 Å². The molecule has 0 amide bonds. The third kappa shape index (κ3) is 1.45. The molecule has 2 fully saturated rings. The summed E-state index contributed by atoms with van der Waals surface area (Å²) in [5, 5.41) is 0. The molecule has 18 heavy (non-hydrogen) atoms. The molecule has 0 radical (unpaired) electrons. The van der Waals surface area contributed by atoms with Crippen molar-refractivity contribution in [3.8, 4) is 0 Å². The predicted octanol–water partition coefficient (Wildman–Crippen LogP) is 4.88. The third-order valence-electron chi connectivity index (χ3n) is 6.41. The SMILES string of the molecule is C[C@@]12CC=C[C@H]1[C@@H]1CCC3=C=CCC[C@@H]3[C@H]1CC2. The van der Waals surface area contributed by atoms with Crippen molar-refractivity contribution in [3.05, 3.63) is 29.5 Å². The molecule has 0 aromatic carbocycles. The molecule has 0 aromatic rings. The zero-order valence-corrected chi connectivity index (χ0v) is 11.5. The second kappa shape index (κ2) is 3.87. The van der Waals surface area contributed by atoms with E-state index in [-0.39, 0.29) is 0 Å². The van der Waals surface area contributed by atoms with Crippen molar-refractivity contribution in [3.63, 3.8) is 0 Å². The fourth-order valence-corrected chi connectivity index (χ4v) is 5.45. The highest BCUT2D eigenvalue weighted by Gasteiger charge is 2.50. The van der Waals surface area contributed by atoms with Gasteiger partial charge in [-0.05, 0) is 85.7 Å². The molecule has 0 bridgehead atoms. The standard InChI is InChI=1S/C18H24/c1-18-11-4-7-17(18)16-9-8-13-5-2-3-6-14(13)15(16)10-12-18/h2,4,7,14-17H,3,6,8-12H2,1H3/t14-,15+,16+,17-,18-/m0/s1. The van der Waals surface area contributed by atoms with Crippen LogP contribution in [0.25, 0.3) is 0 Å². The van der Waals surface area contributed by atoms with Crippen LogP contribution in [0, 0.1) is 29.1 Å². The summed E-state index contributed by atoms with van der Waals surface area (Å²) in [5.74, 6) is 3.75. The van der Waals surface area contributed by atoms with Gasteiger partial charge in [-0.25, -0.2) is 0 Å². The predicted molar refractivity (Wildman–Crippen MR) is 75.1 cm³/mol. The number of fused-ring (bicyclic) bond motifs is 5. The van der Waals surface area contributed by atoms with Gasteiger partial charge in [-0.1, -0.05) is 19.1 Å². The van der Waals surface area contributed by atoms with Gasteiger partial charge >= 0.3 is 0 Å². The lowest BCUT2D eigenvalue weighted by atomic mass is 9.53. The molecular formula is C18H24. The van der Waals surface area contributed by atoms with Crippen LogP contribution in [0.4, 0.5) is 0 Å². The van der Waals surface area contributed by atoms with Crippen LogP contribution in [0.15, 0.2) is 29.5 Å². The molecule has 0 aromatic heterocycles. The number of hydrogen-bond donors (Lipinski definition) is 0. The van der Waals surface area contributed by atoms with Crippen LogP contribution in [-0.2, 0) is 0 Å². The lowest BCUT2D eigenvalue weighted by Crippen LogP contribution is -2.44. The Morgan fingerprint density at radius 3 is 3.11 bits per heavy atom. The highest BCUT2D eigenvalue weighted by molar-refractivity contribution is 5.20. The van der Waals surface area contributed by atoms with E-state index in [0.29, 0.717) is 5.41 Å². The lowest BCUT2D eigenvalue weighted by molar-refractivity contribution is 0.0153. The van der Waals surface area contributed by atoms with Crippen LogP contribution in [0.2, 0.25) is 0 Å². The van der Waals surface area contributed by atoms with Crippen molar-refractivity contribution < 1.29 is 0 Å². The maximum absolute atomic E-state index is 3.60. The van der Waals surface area contributed by atoms with Gasteiger partial charge in [0.1, 0.15) is 0 Å². The van der Waals surface area contributed by atoms with Gasteiger partial charge in [-0.2, -0.15) is 0 Å². The molecule has 0 heterocycles. The third-order valence-corrected chi connectivity index (χ3v) is 6.41. The Morgan fingerprint density at radius 2 is 2.17 bits per heavy atom. The van der Waals surface area contributed by atoms with Gasteiger partial charge < -0.3 is 0 Å². The van der Waals surface area contributed by atoms with Gasteiger partial charge in [0, 0.05) is 0 Å². The van der Waals surface area contributed by atoms with E-state index in [1.165, 1.54) is 44.9 Å². The molecule has 5 atom stereocenters. The zero-order chi connectivity index (χ0) is 12.2. The van der Waals surface area contributed by atoms with Gasteiger partial charge in [-0.15, -0.1) is 5.73 Å². The Kier molecular flexibility index (Phi) is 2.39. The highest BCUT2D eigenvalue weighted by Crippen LogP contribution is 2.59. The van der Waals surface area contributed by atoms with Crippen molar-refractivity contribution in [2.45, 2.75) is 51.9 Å². The van der Waals surface area contributed by atoms with Crippen molar-refractivity contribution in [2.24, 2.45) is 29.1 Å². The molecule has 0 aliphatic heterocycles. The summed E-state index contributed by atoms with van der Waals surface area (Å²) in [6.45, 7) is 2.54. The van der Waals surface area contributed by atoms with Gasteiger partial charge in [0.2, 0.25) is 0 Å².